The SMILES string of the molecule is C#CCN1C(=O)[C@@](O)(CC(=O)c2ccc3ccccc3c2)c2cc(Br)ccc21. The molecule has 1 heterocycles. The number of hydrogen-bond acceptors (Lipinski definition) is 3. The van der Waals surface area contributed by atoms with E-state index in [1.165, 1.54) is 4.90 Å². The molecule has 0 saturated heterocycles. The lowest BCUT2D eigenvalue weighted by molar-refractivity contribution is -0.135. The van der Waals surface area contributed by atoms with Gasteiger partial charge in [0.1, 0.15) is 0 Å². The molecule has 1 aliphatic heterocycles. The van der Waals surface area contributed by atoms with Crippen molar-refractivity contribution in [2.75, 3.05) is 11.4 Å². The number of carbonyl (C=O) groups excluding carboxylic acids is 2. The molecule has 28 heavy (non-hydrogen) atoms. The number of hydrogen-bond donors (Lipinski definition) is 1. The zero-order valence-corrected chi connectivity index (χ0v) is 16.4. The molecule has 1 atom stereocenters. The van der Waals surface area contributed by atoms with Crippen molar-refractivity contribution in [3.8, 4) is 12.3 Å². The molecule has 3 aromatic rings. The Balaban J connectivity index is 1.73. The normalized spacial score (nSPS) is 18.2. The van der Waals surface area contributed by atoms with Crippen molar-refractivity contribution in [1.29, 1.82) is 0 Å². The summed E-state index contributed by atoms with van der Waals surface area (Å²) >= 11 is 3.37. The van der Waals surface area contributed by atoms with E-state index in [1.54, 1.807) is 30.3 Å². The molecule has 0 radical (unpaired) electrons. The van der Waals surface area contributed by atoms with Crippen LogP contribution in [0, 0.1) is 12.3 Å². The first-order chi connectivity index (χ1) is 13.4. The lowest BCUT2D eigenvalue weighted by Gasteiger charge is -2.22. The Morgan fingerprint density at radius 2 is 1.86 bits per heavy atom. The average molecular weight is 434 g/mol. The van der Waals surface area contributed by atoms with Crippen molar-refractivity contribution in [2.45, 2.75) is 12.0 Å². The maximum absolute atomic E-state index is 13.0. The van der Waals surface area contributed by atoms with Crippen LogP contribution in [-0.2, 0) is 10.4 Å². The van der Waals surface area contributed by atoms with Gasteiger partial charge in [-0.15, -0.1) is 6.42 Å². The quantitative estimate of drug-likeness (QED) is 0.498. The van der Waals surface area contributed by atoms with E-state index < -0.39 is 11.5 Å². The molecule has 4 nitrogen and oxygen atoms in total. The fourth-order valence-corrected chi connectivity index (χ4v) is 4.00. The maximum Gasteiger partial charge on any atom is 0.265 e. The van der Waals surface area contributed by atoms with Gasteiger partial charge in [-0.05, 0) is 35.0 Å². The van der Waals surface area contributed by atoms with Crippen molar-refractivity contribution in [3.63, 3.8) is 0 Å². The third-order valence-electron chi connectivity index (χ3n) is 5.03. The summed E-state index contributed by atoms with van der Waals surface area (Å²) < 4.78 is 0.707. The molecule has 0 aliphatic carbocycles. The lowest BCUT2D eigenvalue weighted by Crippen LogP contribution is -2.42. The van der Waals surface area contributed by atoms with Gasteiger partial charge >= 0.3 is 0 Å². The van der Waals surface area contributed by atoms with E-state index in [4.69, 9.17) is 6.42 Å². The molecule has 0 spiro atoms. The van der Waals surface area contributed by atoms with Crippen molar-refractivity contribution >= 4 is 44.1 Å². The molecule has 4 rings (SSSR count). The fourth-order valence-electron chi connectivity index (χ4n) is 3.64. The maximum atomic E-state index is 13.0. The first kappa shape index (κ1) is 18.4. The van der Waals surface area contributed by atoms with E-state index in [0.717, 1.165) is 10.8 Å². The number of nitrogens with zero attached hydrogens (tertiary/aromatic N) is 1. The van der Waals surface area contributed by atoms with Crippen LogP contribution in [0.1, 0.15) is 22.3 Å². The average Bonchev–Trinajstić information content (AvgIpc) is 2.89. The highest BCUT2D eigenvalue weighted by Crippen LogP contribution is 2.44. The second-order valence-electron chi connectivity index (χ2n) is 6.78. The predicted molar refractivity (Wildman–Crippen MR) is 112 cm³/mol. The Morgan fingerprint density at radius 1 is 1.11 bits per heavy atom. The van der Waals surface area contributed by atoms with Crippen LogP contribution in [-0.4, -0.2) is 23.3 Å². The number of benzene rings is 3. The van der Waals surface area contributed by atoms with E-state index in [1.807, 2.05) is 30.3 Å². The van der Waals surface area contributed by atoms with Gasteiger partial charge in [0.2, 0.25) is 0 Å². The Bertz CT molecular complexity index is 1160. The second kappa shape index (κ2) is 6.90. The molecule has 0 aromatic heterocycles. The number of ketones is 1. The van der Waals surface area contributed by atoms with Crippen molar-refractivity contribution < 1.29 is 14.7 Å². The van der Waals surface area contributed by atoms with E-state index in [9.17, 15) is 14.7 Å². The Morgan fingerprint density at radius 3 is 2.61 bits per heavy atom. The number of rotatable bonds is 4. The van der Waals surface area contributed by atoms with Gasteiger partial charge in [0.15, 0.2) is 11.4 Å². The van der Waals surface area contributed by atoms with Gasteiger partial charge in [-0.3, -0.25) is 14.5 Å². The minimum absolute atomic E-state index is 0.0277. The van der Waals surface area contributed by atoms with Gasteiger partial charge in [-0.25, -0.2) is 0 Å². The van der Waals surface area contributed by atoms with Crippen LogP contribution in [0.25, 0.3) is 10.8 Å². The number of terminal acetylenes is 1. The standard InChI is InChI=1S/C23H16BrNO3/c1-2-11-25-20-10-9-18(24)13-19(20)23(28,22(25)27)14-21(26)17-8-7-15-5-3-4-6-16(15)12-17/h1,3-10,12-13,28H,11,14H2/t23-/m1/s1. The van der Waals surface area contributed by atoms with Crippen LogP contribution in [0.4, 0.5) is 5.69 Å². The summed E-state index contributed by atoms with van der Waals surface area (Å²) in [4.78, 5) is 27.3. The van der Waals surface area contributed by atoms with E-state index in [2.05, 4.69) is 21.9 Å². The summed E-state index contributed by atoms with van der Waals surface area (Å²) in [5, 5.41) is 13.2. The molecule has 5 heteroatoms. The van der Waals surface area contributed by atoms with E-state index in [-0.39, 0.29) is 18.7 Å². The molecule has 0 unspecified atom stereocenters. The van der Waals surface area contributed by atoms with Gasteiger partial charge in [-0.1, -0.05) is 58.2 Å². The van der Waals surface area contributed by atoms with Crippen LogP contribution in [0.5, 0.6) is 0 Å². The Kier molecular flexibility index (Phi) is 4.54. The summed E-state index contributed by atoms with van der Waals surface area (Å²) in [5.41, 5.74) is -0.582. The number of Topliss-reactive ketones (excluding diaryl/α,β-unsaturated/α-hetero) is 1. The second-order valence-corrected chi connectivity index (χ2v) is 7.69. The first-order valence-electron chi connectivity index (χ1n) is 8.74. The molecule has 0 bridgehead atoms. The van der Waals surface area contributed by atoms with Crippen molar-refractivity contribution in [3.05, 3.63) is 76.3 Å². The molecule has 1 aliphatic rings. The van der Waals surface area contributed by atoms with E-state index in [0.29, 0.717) is 21.3 Å². The zero-order chi connectivity index (χ0) is 19.9. The van der Waals surface area contributed by atoms with Crippen LogP contribution in [0.15, 0.2) is 65.1 Å². The van der Waals surface area contributed by atoms with Gasteiger partial charge in [0.25, 0.3) is 5.91 Å². The van der Waals surface area contributed by atoms with Gasteiger partial charge in [0.05, 0.1) is 18.7 Å². The van der Waals surface area contributed by atoms with Gasteiger partial charge in [-0.2, -0.15) is 0 Å². The highest BCUT2D eigenvalue weighted by Gasteiger charge is 2.50. The van der Waals surface area contributed by atoms with Crippen LogP contribution in [0.2, 0.25) is 0 Å². The Hall–Kier alpha value is -2.94. The molecule has 1 N–H and O–H groups in total. The lowest BCUT2D eigenvalue weighted by atomic mass is 9.88. The number of halogens is 1. The fraction of sp³-hybridized carbons (Fsp3) is 0.130. The molecule has 138 valence electrons. The van der Waals surface area contributed by atoms with E-state index >= 15 is 0 Å². The van der Waals surface area contributed by atoms with Crippen molar-refractivity contribution in [1.82, 2.24) is 0 Å². The monoisotopic (exact) mass is 433 g/mol. The topological polar surface area (TPSA) is 57.6 Å². The minimum atomic E-state index is -1.95. The molecule has 3 aromatic carbocycles. The summed E-state index contributed by atoms with van der Waals surface area (Å²) in [6.07, 6.45) is 5.04. The summed E-state index contributed by atoms with van der Waals surface area (Å²) in [6.45, 7) is 0.0277. The predicted octanol–water partition coefficient (Wildman–Crippen LogP) is 4.04. The Labute approximate surface area is 170 Å². The third kappa shape index (κ3) is 2.91. The van der Waals surface area contributed by atoms with Crippen molar-refractivity contribution in [2.24, 2.45) is 0 Å². The number of carbonyl (C=O) groups is 2. The van der Waals surface area contributed by atoms with Gasteiger partial charge < -0.3 is 5.11 Å². The molecular formula is C23H16BrNO3. The number of anilines is 1. The first-order valence-corrected chi connectivity index (χ1v) is 9.53. The number of amides is 1. The van der Waals surface area contributed by atoms with Crippen LogP contribution in [0.3, 0.4) is 0 Å². The van der Waals surface area contributed by atoms with Gasteiger partial charge in [0, 0.05) is 15.6 Å². The summed E-state index contributed by atoms with van der Waals surface area (Å²) in [5.74, 6) is 1.55. The highest BCUT2D eigenvalue weighted by molar-refractivity contribution is 9.10. The molecular weight excluding hydrogens is 418 g/mol. The largest absolute Gasteiger partial charge is 0.375 e. The highest BCUT2D eigenvalue weighted by atomic mass is 79.9. The third-order valence-corrected chi connectivity index (χ3v) is 5.52. The molecule has 0 fully saturated rings. The number of fused-ring (bicyclic) bond motifs is 2. The minimum Gasteiger partial charge on any atom is -0.375 e. The summed E-state index contributed by atoms with van der Waals surface area (Å²) in [6, 6.07) is 18.2. The molecule has 1 amide bonds. The smallest absolute Gasteiger partial charge is 0.265 e. The van der Waals surface area contributed by atoms with Crippen LogP contribution < -0.4 is 4.90 Å². The zero-order valence-electron chi connectivity index (χ0n) is 14.9. The summed E-state index contributed by atoms with van der Waals surface area (Å²) in [7, 11) is 0. The van der Waals surface area contributed by atoms with Crippen LogP contribution >= 0.6 is 15.9 Å². The molecule has 0 saturated carbocycles. The number of aliphatic hydroxyl groups is 1.